The number of nitrogens with one attached hydrogen (secondary N) is 1. The molecule has 0 saturated heterocycles. The molecule has 0 spiro atoms. The Hall–Kier alpha value is -2.76. The molecule has 0 fully saturated rings. The third-order valence-corrected chi connectivity index (χ3v) is 2.87. The smallest absolute Gasteiger partial charge is 0.331 e. The van der Waals surface area contributed by atoms with Crippen molar-refractivity contribution in [3.05, 3.63) is 42.5 Å². The van der Waals surface area contributed by atoms with Gasteiger partial charge in [0, 0.05) is 18.7 Å². The van der Waals surface area contributed by atoms with E-state index in [4.69, 9.17) is 14.2 Å². The number of carbonyl (C=O) groups excluding carboxylic acids is 2. The molecule has 0 aliphatic carbocycles. The minimum Gasteiger partial charge on any atom is -0.497 e. The quantitative estimate of drug-likeness (QED) is 0.450. The summed E-state index contributed by atoms with van der Waals surface area (Å²) in [4.78, 5) is 23.3. The lowest BCUT2D eigenvalue weighted by atomic mass is 10.2. The van der Waals surface area contributed by atoms with E-state index >= 15 is 0 Å². The predicted molar refractivity (Wildman–Crippen MR) is 87.3 cm³/mol. The molecule has 0 aliphatic heterocycles. The maximum absolute atomic E-state index is 11.7. The number of hydrogen-bond donors (Lipinski definition) is 1. The van der Waals surface area contributed by atoms with Crippen LogP contribution in [-0.2, 0) is 14.3 Å². The van der Waals surface area contributed by atoms with Crippen LogP contribution in [-0.4, -0.2) is 38.7 Å². The second kappa shape index (κ2) is 9.30. The number of hydrogen-bond acceptors (Lipinski definition) is 5. The van der Waals surface area contributed by atoms with E-state index in [1.54, 1.807) is 44.6 Å². The SMILES string of the molecule is C=CCNC(=O)[C@@H](C)OC(=O)/C=C/c1cc(OC)cc(OC)c1. The summed E-state index contributed by atoms with van der Waals surface area (Å²) in [5, 5.41) is 2.55. The topological polar surface area (TPSA) is 73.9 Å². The maximum Gasteiger partial charge on any atom is 0.331 e. The summed E-state index contributed by atoms with van der Waals surface area (Å²) < 4.78 is 15.3. The lowest BCUT2D eigenvalue weighted by Crippen LogP contribution is -2.35. The fraction of sp³-hybridized carbons (Fsp3) is 0.294. The van der Waals surface area contributed by atoms with Crippen molar-refractivity contribution in [2.45, 2.75) is 13.0 Å². The molecule has 0 heterocycles. The predicted octanol–water partition coefficient (Wildman–Crippen LogP) is 1.95. The molecule has 1 atom stereocenters. The average Bonchev–Trinajstić information content (AvgIpc) is 2.57. The molecule has 0 aromatic heterocycles. The fourth-order valence-electron chi connectivity index (χ4n) is 1.67. The summed E-state index contributed by atoms with van der Waals surface area (Å²) in [5.41, 5.74) is 0.710. The van der Waals surface area contributed by atoms with E-state index < -0.39 is 12.1 Å². The largest absolute Gasteiger partial charge is 0.497 e. The summed E-state index contributed by atoms with van der Waals surface area (Å²) in [6.07, 6.45) is 3.46. The van der Waals surface area contributed by atoms with Gasteiger partial charge in [-0.2, -0.15) is 0 Å². The Kier molecular flexibility index (Phi) is 7.39. The van der Waals surface area contributed by atoms with E-state index in [2.05, 4.69) is 11.9 Å². The van der Waals surface area contributed by atoms with Gasteiger partial charge in [0.15, 0.2) is 6.10 Å². The Morgan fingerprint density at radius 3 is 2.35 bits per heavy atom. The van der Waals surface area contributed by atoms with Crippen molar-refractivity contribution in [3.8, 4) is 11.5 Å². The van der Waals surface area contributed by atoms with Gasteiger partial charge in [-0.25, -0.2) is 4.79 Å². The van der Waals surface area contributed by atoms with Crippen molar-refractivity contribution in [1.29, 1.82) is 0 Å². The molecule has 0 unspecified atom stereocenters. The number of benzene rings is 1. The van der Waals surface area contributed by atoms with E-state index in [-0.39, 0.29) is 5.91 Å². The van der Waals surface area contributed by atoms with Crippen molar-refractivity contribution in [3.63, 3.8) is 0 Å². The van der Waals surface area contributed by atoms with Gasteiger partial charge in [0.2, 0.25) is 0 Å². The zero-order valence-electron chi connectivity index (χ0n) is 13.5. The maximum atomic E-state index is 11.7. The zero-order chi connectivity index (χ0) is 17.2. The number of carbonyl (C=O) groups is 2. The highest BCUT2D eigenvalue weighted by Gasteiger charge is 2.15. The Bertz CT molecular complexity index is 572. The van der Waals surface area contributed by atoms with Crippen LogP contribution in [0.3, 0.4) is 0 Å². The third-order valence-electron chi connectivity index (χ3n) is 2.87. The number of esters is 1. The number of rotatable bonds is 8. The number of ether oxygens (including phenoxy) is 3. The monoisotopic (exact) mass is 319 g/mol. The second-order valence-electron chi connectivity index (χ2n) is 4.59. The minimum absolute atomic E-state index is 0.320. The van der Waals surface area contributed by atoms with E-state index in [0.717, 1.165) is 0 Å². The lowest BCUT2D eigenvalue weighted by Gasteiger charge is -2.11. The molecule has 1 amide bonds. The van der Waals surface area contributed by atoms with Crippen LogP contribution in [0.1, 0.15) is 12.5 Å². The first-order valence-electron chi connectivity index (χ1n) is 7.00. The van der Waals surface area contributed by atoms with Crippen LogP contribution in [0.15, 0.2) is 36.9 Å². The first-order valence-corrected chi connectivity index (χ1v) is 7.00. The summed E-state index contributed by atoms with van der Waals surface area (Å²) >= 11 is 0. The van der Waals surface area contributed by atoms with Crippen molar-refractivity contribution in [1.82, 2.24) is 5.32 Å². The second-order valence-corrected chi connectivity index (χ2v) is 4.59. The fourth-order valence-corrected chi connectivity index (χ4v) is 1.67. The number of methoxy groups -OCH3 is 2. The Morgan fingerprint density at radius 2 is 1.83 bits per heavy atom. The normalized spacial score (nSPS) is 11.6. The van der Waals surface area contributed by atoms with Gasteiger partial charge in [-0.05, 0) is 30.7 Å². The molecule has 1 rings (SSSR count). The summed E-state index contributed by atoms with van der Waals surface area (Å²) in [6.45, 7) is 5.31. The van der Waals surface area contributed by atoms with Gasteiger partial charge in [0.25, 0.3) is 5.91 Å². The van der Waals surface area contributed by atoms with Crippen LogP contribution < -0.4 is 14.8 Å². The van der Waals surface area contributed by atoms with E-state index in [1.807, 2.05) is 0 Å². The van der Waals surface area contributed by atoms with Crippen LogP contribution in [0.4, 0.5) is 0 Å². The van der Waals surface area contributed by atoms with Crippen LogP contribution in [0.25, 0.3) is 6.08 Å². The highest BCUT2D eigenvalue weighted by molar-refractivity contribution is 5.90. The van der Waals surface area contributed by atoms with Gasteiger partial charge in [-0.3, -0.25) is 4.79 Å². The molecule has 124 valence electrons. The van der Waals surface area contributed by atoms with E-state index in [1.165, 1.54) is 13.0 Å². The van der Waals surface area contributed by atoms with Crippen molar-refractivity contribution in [2.75, 3.05) is 20.8 Å². The van der Waals surface area contributed by atoms with Gasteiger partial charge in [0.05, 0.1) is 14.2 Å². The Balaban J connectivity index is 2.67. The molecule has 0 radical (unpaired) electrons. The minimum atomic E-state index is -0.882. The van der Waals surface area contributed by atoms with Gasteiger partial charge in [0.1, 0.15) is 11.5 Å². The van der Waals surface area contributed by atoms with Gasteiger partial charge in [-0.15, -0.1) is 6.58 Å². The molecule has 6 heteroatoms. The first kappa shape index (κ1) is 18.3. The van der Waals surface area contributed by atoms with Crippen LogP contribution in [0.2, 0.25) is 0 Å². The standard InChI is InChI=1S/C17H21NO5/c1-5-8-18-17(20)12(2)23-16(19)7-6-13-9-14(21-3)11-15(10-13)22-4/h5-7,9-12H,1,8H2,2-4H3,(H,18,20)/b7-6+/t12-/m1/s1. The summed E-state index contributed by atoms with van der Waals surface area (Å²) in [5.74, 6) is 0.215. The van der Waals surface area contributed by atoms with Gasteiger partial charge < -0.3 is 19.5 Å². The van der Waals surface area contributed by atoms with E-state index in [9.17, 15) is 9.59 Å². The molecule has 0 bridgehead atoms. The van der Waals surface area contributed by atoms with Gasteiger partial charge >= 0.3 is 5.97 Å². The Labute approximate surface area is 135 Å². The molecule has 1 aromatic carbocycles. The van der Waals surface area contributed by atoms with Crippen molar-refractivity contribution >= 4 is 18.0 Å². The lowest BCUT2D eigenvalue weighted by molar-refractivity contribution is -0.150. The number of amides is 1. The molecule has 6 nitrogen and oxygen atoms in total. The van der Waals surface area contributed by atoms with Crippen LogP contribution in [0.5, 0.6) is 11.5 Å². The summed E-state index contributed by atoms with van der Waals surface area (Å²) in [7, 11) is 3.08. The van der Waals surface area contributed by atoms with Crippen molar-refractivity contribution < 1.29 is 23.8 Å². The van der Waals surface area contributed by atoms with E-state index in [0.29, 0.717) is 23.6 Å². The molecular weight excluding hydrogens is 298 g/mol. The molecule has 1 N–H and O–H groups in total. The molecule has 23 heavy (non-hydrogen) atoms. The zero-order valence-corrected chi connectivity index (χ0v) is 13.5. The Morgan fingerprint density at radius 1 is 1.22 bits per heavy atom. The van der Waals surface area contributed by atoms with Gasteiger partial charge in [-0.1, -0.05) is 6.08 Å². The van der Waals surface area contributed by atoms with Crippen LogP contribution >= 0.6 is 0 Å². The average molecular weight is 319 g/mol. The molecule has 0 saturated carbocycles. The highest BCUT2D eigenvalue weighted by atomic mass is 16.5. The molecule has 1 aromatic rings. The molecule has 0 aliphatic rings. The highest BCUT2D eigenvalue weighted by Crippen LogP contribution is 2.23. The first-order chi connectivity index (χ1) is 11.0. The van der Waals surface area contributed by atoms with Crippen LogP contribution in [0, 0.1) is 0 Å². The summed E-state index contributed by atoms with van der Waals surface area (Å²) in [6, 6.07) is 5.21. The third kappa shape index (κ3) is 6.25. The molecular formula is C17H21NO5. The van der Waals surface area contributed by atoms with Crippen molar-refractivity contribution in [2.24, 2.45) is 0 Å².